The second-order valence-electron chi connectivity index (χ2n) is 12.9. The number of amides is 3. The van der Waals surface area contributed by atoms with E-state index in [0.29, 0.717) is 35.9 Å². The maximum Gasteiger partial charge on any atom is 0.323 e. The molecule has 13 heteroatoms. The van der Waals surface area contributed by atoms with Gasteiger partial charge >= 0.3 is 6.03 Å². The van der Waals surface area contributed by atoms with Crippen molar-refractivity contribution in [3.63, 3.8) is 0 Å². The molecule has 3 aromatic carbocycles. The third-order valence-corrected chi connectivity index (χ3v) is 10.7. The van der Waals surface area contributed by atoms with E-state index in [1.807, 2.05) is 20.8 Å². The number of likely N-dealkylation sites (N-methyl/N-ethyl adjacent to an activating group) is 1. The van der Waals surface area contributed by atoms with Crippen molar-refractivity contribution in [2.45, 2.75) is 70.1 Å². The second-order valence-corrected chi connectivity index (χ2v) is 15.0. The second kappa shape index (κ2) is 17.7. The number of nitrogens with one attached hydrogen (secondary N) is 2. The quantitative estimate of drug-likeness (QED) is 0.254. The number of nitrogens with zero attached hydrogens (tertiary/aromatic N) is 2. The van der Waals surface area contributed by atoms with Crippen molar-refractivity contribution in [1.29, 1.82) is 0 Å². The minimum Gasteiger partial charge on any atom is -0.497 e. The number of carbonyl (C=O) groups excluding carboxylic acids is 2. The number of urea groups is 1. The van der Waals surface area contributed by atoms with Gasteiger partial charge in [-0.15, -0.1) is 0 Å². The molecule has 0 saturated carbocycles. The summed E-state index contributed by atoms with van der Waals surface area (Å²) in [6, 6.07) is 17.4. The van der Waals surface area contributed by atoms with Gasteiger partial charge in [0.25, 0.3) is 5.91 Å². The number of anilines is 2. The summed E-state index contributed by atoms with van der Waals surface area (Å²) in [6.45, 7) is 7.82. The summed E-state index contributed by atoms with van der Waals surface area (Å²) in [6.07, 6.45) is 1.44. The Bertz CT molecular complexity index is 1680. The number of hydrogen-bond acceptors (Lipinski definition) is 8. The molecule has 0 saturated heterocycles. The normalized spacial score (nSPS) is 19.9. The van der Waals surface area contributed by atoms with Gasteiger partial charge < -0.3 is 34.9 Å². The van der Waals surface area contributed by atoms with Crippen molar-refractivity contribution in [2.24, 2.45) is 5.92 Å². The summed E-state index contributed by atoms with van der Waals surface area (Å²) in [5.74, 6) is 0.283. The van der Waals surface area contributed by atoms with Crippen molar-refractivity contribution in [3.8, 4) is 11.5 Å². The van der Waals surface area contributed by atoms with Gasteiger partial charge in [0, 0.05) is 44.0 Å². The van der Waals surface area contributed by atoms with Crippen molar-refractivity contribution < 1.29 is 37.3 Å². The van der Waals surface area contributed by atoms with Crippen LogP contribution in [0.5, 0.6) is 11.5 Å². The molecule has 4 rings (SSSR count). The molecule has 272 valence electrons. The number of hydrogen-bond donors (Lipinski definition) is 3. The van der Waals surface area contributed by atoms with Crippen molar-refractivity contribution in [1.82, 2.24) is 9.21 Å². The van der Waals surface area contributed by atoms with Crippen LogP contribution in [0.4, 0.5) is 16.2 Å². The van der Waals surface area contributed by atoms with Crippen LogP contribution in [0.25, 0.3) is 0 Å². The van der Waals surface area contributed by atoms with Crippen molar-refractivity contribution in [2.75, 3.05) is 51.1 Å². The number of methoxy groups -OCH3 is 1. The van der Waals surface area contributed by atoms with Gasteiger partial charge in [-0.25, -0.2) is 13.2 Å². The Kier molecular flexibility index (Phi) is 13.6. The molecule has 0 spiro atoms. The van der Waals surface area contributed by atoms with Crippen LogP contribution in [0, 0.1) is 12.8 Å². The summed E-state index contributed by atoms with van der Waals surface area (Å²) in [5.41, 5.74) is 2.11. The van der Waals surface area contributed by atoms with Gasteiger partial charge in [0.05, 0.1) is 42.4 Å². The molecule has 12 nitrogen and oxygen atoms in total. The lowest BCUT2D eigenvalue weighted by Crippen LogP contribution is -2.48. The van der Waals surface area contributed by atoms with E-state index in [0.717, 1.165) is 18.4 Å². The fraction of sp³-hybridized carbons (Fsp3) is 0.459. The zero-order valence-electron chi connectivity index (χ0n) is 29.7. The van der Waals surface area contributed by atoms with Crippen LogP contribution in [-0.4, -0.2) is 93.4 Å². The van der Waals surface area contributed by atoms with Crippen LogP contribution in [0.3, 0.4) is 0 Å². The Hall–Kier alpha value is -4.17. The Morgan fingerprint density at radius 2 is 1.70 bits per heavy atom. The highest BCUT2D eigenvalue weighted by molar-refractivity contribution is 7.89. The number of aliphatic hydroxyl groups excluding tert-OH is 1. The fourth-order valence-corrected chi connectivity index (χ4v) is 6.86. The van der Waals surface area contributed by atoms with Gasteiger partial charge in [-0.3, -0.25) is 4.79 Å². The molecule has 50 heavy (non-hydrogen) atoms. The van der Waals surface area contributed by atoms with Crippen LogP contribution in [0.1, 0.15) is 56.0 Å². The molecule has 3 N–H and O–H groups in total. The number of aliphatic hydroxyl groups is 1. The number of aryl methyl sites for hydroxylation is 1. The molecule has 1 aliphatic rings. The highest BCUT2D eigenvalue weighted by Gasteiger charge is 2.32. The van der Waals surface area contributed by atoms with E-state index >= 15 is 0 Å². The van der Waals surface area contributed by atoms with Gasteiger partial charge in [0.1, 0.15) is 11.5 Å². The third kappa shape index (κ3) is 10.2. The predicted octanol–water partition coefficient (Wildman–Crippen LogP) is 5.76. The molecule has 0 fully saturated rings. The first kappa shape index (κ1) is 38.6. The number of sulfonamides is 1. The maximum atomic E-state index is 14.4. The van der Waals surface area contributed by atoms with Crippen LogP contribution in [-0.2, 0) is 14.8 Å². The SMILES string of the molecule is COc1ccc(NC(=O)Nc2ccc3c(c2)C(=O)N([C@H](C)CO)C[C@H](C)[C@@H](CN(C)S(=O)(=O)c2ccc(C)cc2)OCCCC[C@@H](C)O3)cc1. The van der Waals surface area contributed by atoms with E-state index in [1.165, 1.54) is 11.4 Å². The van der Waals surface area contributed by atoms with E-state index < -0.39 is 34.1 Å². The topological polar surface area (TPSA) is 147 Å². The zero-order chi connectivity index (χ0) is 36.4. The molecule has 3 amide bonds. The molecule has 0 aliphatic carbocycles. The summed E-state index contributed by atoms with van der Waals surface area (Å²) < 4.78 is 46.1. The predicted molar refractivity (Wildman–Crippen MR) is 194 cm³/mol. The smallest absolute Gasteiger partial charge is 0.323 e. The highest BCUT2D eigenvalue weighted by atomic mass is 32.2. The van der Waals surface area contributed by atoms with Gasteiger partial charge in [0.2, 0.25) is 10.0 Å². The Labute approximate surface area is 295 Å². The molecular weight excluding hydrogens is 660 g/mol. The van der Waals surface area contributed by atoms with Gasteiger partial charge in [-0.05, 0) is 94.6 Å². The van der Waals surface area contributed by atoms with E-state index in [4.69, 9.17) is 14.2 Å². The summed E-state index contributed by atoms with van der Waals surface area (Å²) in [7, 11) is -0.706. The summed E-state index contributed by atoms with van der Waals surface area (Å²) in [5, 5.41) is 15.8. The Morgan fingerprint density at radius 1 is 1.04 bits per heavy atom. The van der Waals surface area contributed by atoms with Crippen LogP contribution in [0.2, 0.25) is 0 Å². The molecule has 1 heterocycles. The van der Waals surface area contributed by atoms with E-state index in [2.05, 4.69) is 10.6 Å². The molecule has 4 atom stereocenters. The Balaban J connectivity index is 1.61. The molecule has 0 bridgehead atoms. The average molecular weight is 711 g/mol. The lowest BCUT2D eigenvalue weighted by molar-refractivity contribution is -0.00833. The molecule has 1 aliphatic heterocycles. The molecule has 0 unspecified atom stereocenters. The summed E-state index contributed by atoms with van der Waals surface area (Å²) >= 11 is 0. The van der Waals surface area contributed by atoms with Gasteiger partial charge in [0.15, 0.2) is 0 Å². The van der Waals surface area contributed by atoms with Crippen molar-refractivity contribution >= 4 is 33.3 Å². The molecule has 3 aromatic rings. The highest BCUT2D eigenvalue weighted by Crippen LogP contribution is 2.29. The third-order valence-electron chi connectivity index (χ3n) is 8.82. The first-order valence-electron chi connectivity index (χ1n) is 16.9. The minimum absolute atomic E-state index is 0.0698. The van der Waals surface area contributed by atoms with Crippen molar-refractivity contribution in [3.05, 3.63) is 77.9 Å². The largest absolute Gasteiger partial charge is 0.497 e. The van der Waals surface area contributed by atoms with Gasteiger partial charge in [-0.2, -0.15) is 4.31 Å². The lowest BCUT2D eigenvalue weighted by atomic mass is 10.0. The fourth-order valence-electron chi connectivity index (χ4n) is 5.67. The molecule has 0 aromatic heterocycles. The van der Waals surface area contributed by atoms with Crippen LogP contribution < -0.4 is 20.1 Å². The van der Waals surface area contributed by atoms with E-state index in [9.17, 15) is 23.1 Å². The maximum absolute atomic E-state index is 14.4. The van der Waals surface area contributed by atoms with Gasteiger partial charge in [-0.1, -0.05) is 24.6 Å². The first-order chi connectivity index (χ1) is 23.8. The monoisotopic (exact) mass is 710 g/mol. The number of benzene rings is 3. The van der Waals surface area contributed by atoms with Crippen LogP contribution >= 0.6 is 0 Å². The van der Waals surface area contributed by atoms with Crippen LogP contribution in [0.15, 0.2) is 71.6 Å². The van der Waals surface area contributed by atoms with E-state index in [-0.39, 0.29) is 42.2 Å². The minimum atomic E-state index is -3.80. The number of fused-ring (bicyclic) bond motifs is 1. The number of ether oxygens (including phenoxy) is 3. The van der Waals surface area contributed by atoms with E-state index in [1.54, 1.807) is 85.7 Å². The molecular formula is C37H50N4O8S. The zero-order valence-corrected chi connectivity index (χ0v) is 30.5. The Morgan fingerprint density at radius 3 is 2.36 bits per heavy atom. The standard InChI is InChI=1S/C37H50N4O8S/c1-25-10-17-32(18-11-25)50(45,46)40(5)23-35-26(2)22-41(27(3)24-42)36(43)33-21-30(14-19-34(33)49-28(4)9-7-8-20-48-35)39-37(44)38-29-12-15-31(47-6)16-13-29/h10-19,21,26-28,35,42H,7-9,20,22-24H2,1-6H3,(H2,38,39,44)/t26-,27+,28+,35+/m0/s1. The first-order valence-corrected chi connectivity index (χ1v) is 18.4. The number of rotatable bonds is 9. The molecule has 0 radical (unpaired) electrons. The summed E-state index contributed by atoms with van der Waals surface area (Å²) in [4.78, 5) is 29.0. The number of carbonyl (C=O) groups is 2. The average Bonchev–Trinajstić information content (AvgIpc) is 3.09. The lowest BCUT2D eigenvalue weighted by Gasteiger charge is -2.35.